The lowest BCUT2D eigenvalue weighted by atomic mass is 9.97. The zero-order valence-electron chi connectivity index (χ0n) is 15.0. The van der Waals surface area contributed by atoms with Crippen molar-refractivity contribution in [3.05, 3.63) is 36.7 Å². The molecule has 6 nitrogen and oxygen atoms in total. The van der Waals surface area contributed by atoms with Crippen molar-refractivity contribution < 1.29 is 9.53 Å². The number of urea groups is 1. The first-order valence-corrected chi connectivity index (χ1v) is 9.50. The third-order valence-electron chi connectivity index (χ3n) is 5.52. The topological polar surface area (TPSA) is 66.5 Å². The molecule has 0 radical (unpaired) electrons. The predicted octanol–water partition coefficient (Wildman–Crippen LogP) is 2.86. The van der Waals surface area contributed by atoms with Crippen molar-refractivity contribution in [3.63, 3.8) is 0 Å². The lowest BCUT2D eigenvalue weighted by Gasteiger charge is -2.32. The number of anilines is 1. The highest BCUT2D eigenvalue weighted by atomic mass is 16.5. The first-order valence-electron chi connectivity index (χ1n) is 9.50. The summed E-state index contributed by atoms with van der Waals surface area (Å²) in [5.74, 6) is 0.511. The smallest absolute Gasteiger partial charge is 0.319 e. The summed E-state index contributed by atoms with van der Waals surface area (Å²) in [6.45, 7) is 4.56. The van der Waals surface area contributed by atoms with Crippen LogP contribution in [-0.2, 0) is 4.74 Å². The average molecular weight is 354 g/mol. The molecule has 6 heteroatoms. The van der Waals surface area contributed by atoms with E-state index in [-0.39, 0.29) is 6.03 Å². The van der Waals surface area contributed by atoms with Gasteiger partial charge in [-0.3, -0.25) is 9.88 Å². The van der Waals surface area contributed by atoms with Crippen LogP contribution in [-0.4, -0.2) is 54.8 Å². The molecule has 0 saturated carbocycles. The number of ether oxygens (including phenoxy) is 1. The number of amides is 2. The Balaban J connectivity index is 1.40. The second-order valence-corrected chi connectivity index (χ2v) is 7.17. The summed E-state index contributed by atoms with van der Waals surface area (Å²) in [6.07, 6.45) is 7.14. The fourth-order valence-corrected chi connectivity index (χ4v) is 4.12. The highest BCUT2D eigenvalue weighted by molar-refractivity contribution is 6.01. The van der Waals surface area contributed by atoms with Crippen molar-refractivity contribution in [3.8, 4) is 0 Å². The molecule has 2 aliphatic rings. The first-order chi connectivity index (χ1) is 12.8. The number of carbonyl (C=O) groups is 1. The van der Waals surface area contributed by atoms with Crippen LogP contribution in [0.15, 0.2) is 36.7 Å². The predicted molar refractivity (Wildman–Crippen MR) is 102 cm³/mol. The fourth-order valence-electron chi connectivity index (χ4n) is 4.12. The number of rotatable bonds is 5. The SMILES string of the molecule is O=C(NCC(C1CCOC1)N1CCCC1)Nc1cccc2cnccc12. The zero-order valence-corrected chi connectivity index (χ0v) is 15.0. The Morgan fingerprint density at radius 1 is 1.31 bits per heavy atom. The van der Waals surface area contributed by atoms with Gasteiger partial charge in [-0.15, -0.1) is 0 Å². The molecule has 2 aromatic rings. The maximum Gasteiger partial charge on any atom is 0.319 e. The minimum absolute atomic E-state index is 0.155. The molecule has 2 amide bonds. The van der Waals surface area contributed by atoms with Crippen LogP contribution in [0.3, 0.4) is 0 Å². The van der Waals surface area contributed by atoms with Crippen molar-refractivity contribution in [2.24, 2.45) is 5.92 Å². The molecule has 2 atom stereocenters. The van der Waals surface area contributed by atoms with Crippen LogP contribution in [0.1, 0.15) is 19.3 Å². The van der Waals surface area contributed by atoms with E-state index in [2.05, 4.69) is 20.5 Å². The molecule has 0 aliphatic carbocycles. The maximum atomic E-state index is 12.5. The minimum atomic E-state index is -0.155. The Labute approximate surface area is 153 Å². The van der Waals surface area contributed by atoms with Gasteiger partial charge in [-0.1, -0.05) is 12.1 Å². The fraction of sp³-hybridized carbons (Fsp3) is 0.500. The van der Waals surface area contributed by atoms with Crippen LogP contribution in [0.2, 0.25) is 0 Å². The van der Waals surface area contributed by atoms with Gasteiger partial charge < -0.3 is 15.4 Å². The molecule has 2 N–H and O–H groups in total. The van der Waals surface area contributed by atoms with Gasteiger partial charge in [0.25, 0.3) is 0 Å². The van der Waals surface area contributed by atoms with E-state index >= 15 is 0 Å². The van der Waals surface area contributed by atoms with Gasteiger partial charge in [-0.25, -0.2) is 4.79 Å². The molecule has 2 fully saturated rings. The quantitative estimate of drug-likeness (QED) is 0.866. The van der Waals surface area contributed by atoms with E-state index in [4.69, 9.17) is 4.74 Å². The summed E-state index contributed by atoms with van der Waals surface area (Å²) in [7, 11) is 0. The number of carbonyl (C=O) groups excluding carboxylic acids is 1. The number of aromatic nitrogens is 1. The lowest BCUT2D eigenvalue weighted by Crippen LogP contribution is -2.48. The molecule has 1 aromatic heterocycles. The molecule has 2 aliphatic heterocycles. The number of pyridine rings is 1. The summed E-state index contributed by atoms with van der Waals surface area (Å²) >= 11 is 0. The first kappa shape index (κ1) is 17.2. The monoisotopic (exact) mass is 354 g/mol. The average Bonchev–Trinajstić information content (AvgIpc) is 3.37. The third-order valence-corrected chi connectivity index (χ3v) is 5.52. The Morgan fingerprint density at radius 2 is 2.19 bits per heavy atom. The number of likely N-dealkylation sites (tertiary alicyclic amines) is 1. The highest BCUT2D eigenvalue weighted by Gasteiger charge is 2.32. The van der Waals surface area contributed by atoms with E-state index in [1.54, 1.807) is 6.20 Å². The highest BCUT2D eigenvalue weighted by Crippen LogP contribution is 2.25. The third kappa shape index (κ3) is 3.81. The van der Waals surface area contributed by atoms with Gasteiger partial charge in [0, 0.05) is 48.3 Å². The van der Waals surface area contributed by atoms with Gasteiger partial charge in [0.2, 0.25) is 0 Å². The van der Waals surface area contributed by atoms with Crippen molar-refractivity contribution in [1.29, 1.82) is 0 Å². The Hall–Kier alpha value is -2.18. The van der Waals surface area contributed by atoms with E-state index in [1.807, 2.05) is 30.5 Å². The number of hydrogen-bond acceptors (Lipinski definition) is 4. The maximum absolute atomic E-state index is 12.5. The number of hydrogen-bond donors (Lipinski definition) is 2. The molecule has 0 spiro atoms. The van der Waals surface area contributed by atoms with Crippen LogP contribution in [0.4, 0.5) is 10.5 Å². The normalized spacial score (nSPS) is 21.8. The molecule has 0 bridgehead atoms. The summed E-state index contributed by atoms with van der Waals surface area (Å²) in [5, 5.41) is 8.10. The standard InChI is InChI=1S/C20H26N4O2/c25-20(23-18-5-3-4-15-12-21-8-6-17(15)18)22-13-19(16-7-11-26-14-16)24-9-1-2-10-24/h3-6,8,12,16,19H,1-2,7,9-11,13-14H2,(H2,22,23,25). The molecule has 4 rings (SSSR count). The Kier molecular flexibility index (Phi) is 5.32. The number of nitrogens with one attached hydrogen (secondary N) is 2. The Bertz CT molecular complexity index is 733. The molecular formula is C20H26N4O2. The molecule has 138 valence electrons. The molecular weight excluding hydrogens is 328 g/mol. The van der Waals surface area contributed by atoms with Crippen LogP contribution < -0.4 is 10.6 Å². The van der Waals surface area contributed by atoms with Crippen molar-refractivity contribution in [2.45, 2.75) is 25.3 Å². The van der Waals surface area contributed by atoms with Crippen LogP contribution >= 0.6 is 0 Å². The number of benzene rings is 1. The van der Waals surface area contributed by atoms with E-state index in [0.29, 0.717) is 18.5 Å². The largest absolute Gasteiger partial charge is 0.381 e. The van der Waals surface area contributed by atoms with Gasteiger partial charge in [0.15, 0.2) is 0 Å². The molecule has 1 aromatic carbocycles. The van der Waals surface area contributed by atoms with E-state index in [0.717, 1.165) is 49.2 Å². The minimum Gasteiger partial charge on any atom is -0.381 e. The Morgan fingerprint density at radius 3 is 3.00 bits per heavy atom. The van der Waals surface area contributed by atoms with Crippen LogP contribution in [0.5, 0.6) is 0 Å². The zero-order chi connectivity index (χ0) is 17.8. The summed E-state index contributed by atoms with van der Waals surface area (Å²) in [6, 6.07) is 7.98. The van der Waals surface area contributed by atoms with Gasteiger partial charge in [-0.05, 0) is 44.5 Å². The summed E-state index contributed by atoms with van der Waals surface area (Å²) in [5.41, 5.74) is 0.810. The summed E-state index contributed by atoms with van der Waals surface area (Å²) in [4.78, 5) is 19.2. The van der Waals surface area contributed by atoms with Crippen molar-refractivity contribution >= 4 is 22.5 Å². The lowest BCUT2D eigenvalue weighted by molar-refractivity contribution is 0.135. The van der Waals surface area contributed by atoms with Crippen LogP contribution in [0.25, 0.3) is 10.8 Å². The molecule has 26 heavy (non-hydrogen) atoms. The van der Waals surface area contributed by atoms with Crippen LogP contribution in [0, 0.1) is 5.92 Å². The molecule has 2 saturated heterocycles. The van der Waals surface area contributed by atoms with E-state index < -0.39 is 0 Å². The number of fused-ring (bicyclic) bond motifs is 1. The number of nitrogens with zero attached hydrogens (tertiary/aromatic N) is 2. The van der Waals surface area contributed by atoms with E-state index in [9.17, 15) is 4.79 Å². The van der Waals surface area contributed by atoms with Crippen molar-refractivity contribution in [2.75, 3.05) is 38.2 Å². The van der Waals surface area contributed by atoms with Gasteiger partial charge >= 0.3 is 6.03 Å². The summed E-state index contributed by atoms with van der Waals surface area (Å²) < 4.78 is 5.59. The van der Waals surface area contributed by atoms with Gasteiger partial charge in [0.05, 0.1) is 12.3 Å². The molecule has 3 heterocycles. The van der Waals surface area contributed by atoms with E-state index in [1.165, 1.54) is 12.8 Å². The van der Waals surface area contributed by atoms with Gasteiger partial charge in [0.1, 0.15) is 0 Å². The van der Waals surface area contributed by atoms with Crippen molar-refractivity contribution in [1.82, 2.24) is 15.2 Å². The second-order valence-electron chi connectivity index (χ2n) is 7.17. The van der Waals surface area contributed by atoms with Gasteiger partial charge in [-0.2, -0.15) is 0 Å². The molecule has 2 unspecified atom stereocenters. The second kappa shape index (κ2) is 8.01.